The molecule has 2 heteroatoms. The molecular weight excluding hydrogens is 330 g/mol. The third-order valence-corrected chi connectivity index (χ3v) is 5.99. The number of hydrogen-bond acceptors (Lipinski definition) is 2. The number of pyridine rings is 1. The molecule has 0 bridgehead atoms. The summed E-state index contributed by atoms with van der Waals surface area (Å²) in [5.41, 5.74) is 3.11. The minimum absolute atomic E-state index is 0.281. The van der Waals surface area contributed by atoms with Gasteiger partial charge in [0.05, 0.1) is 11.2 Å². The molecule has 1 aliphatic rings. The quantitative estimate of drug-likeness (QED) is 0.514. The first-order valence-corrected chi connectivity index (χ1v) is 10.2. The molecule has 3 aromatic rings. The predicted octanol–water partition coefficient (Wildman–Crippen LogP) is 6.74. The van der Waals surface area contributed by atoms with Gasteiger partial charge in [0, 0.05) is 17.0 Å². The number of aromatic nitrogens is 1. The largest absolute Gasteiger partial charge is 0.489 e. The maximum Gasteiger partial charge on any atom is 0.131 e. The summed E-state index contributed by atoms with van der Waals surface area (Å²) in [4.78, 5) is 4.89. The Morgan fingerprint density at radius 2 is 1.70 bits per heavy atom. The van der Waals surface area contributed by atoms with Gasteiger partial charge in [-0.1, -0.05) is 69.7 Å². The van der Waals surface area contributed by atoms with Crippen LogP contribution in [0.2, 0.25) is 0 Å². The lowest BCUT2D eigenvalue weighted by Crippen LogP contribution is -2.36. The van der Waals surface area contributed by atoms with E-state index in [1.54, 1.807) is 0 Å². The Kier molecular flexibility index (Phi) is 5.15. The SMILES string of the molecule is CC(C)[C@@H]1CC[C@@H](C)C[C@H]1Oc1cc(-c2ccccc2)nc2ccccc12. The van der Waals surface area contributed by atoms with Crippen molar-refractivity contribution in [3.63, 3.8) is 0 Å². The number of ether oxygens (including phenoxy) is 1. The Morgan fingerprint density at radius 1 is 0.963 bits per heavy atom. The fraction of sp³-hybridized carbons (Fsp3) is 0.400. The molecule has 0 radical (unpaired) electrons. The van der Waals surface area contributed by atoms with Crippen molar-refractivity contribution in [2.75, 3.05) is 0 Å². The van der Waals surface area contributed by atoms with Crippen LogP contribution in [0.4, 0.5) is 0 Å². The fourth-order valence-electron chi connectivity index (χ4n) is 4.41. The van der Waals surface area contributed by atoms with E-state index in [0.29, 0.717) is 11.8 Å². The molecule has 2 nitrogen and oxygen atoms in total. The van der Waals surface area contributed by atoms with Crippen molar-refractivity contribution in [2.45, 2.75) is 46.1 Å². The Balaban J connectivity index is 1.75. The minimum atomic E-state index is 0.281. The zero-order chi connectivity index (χ0) is 18.8. The monoisotopic (exact) mass is 359 g/mol. The second-order valence-corrected chi connectivity index (χ2v) is 8.37. The number of para-hydroxylation sites is 1. The highest BCUT2D eigenvalue weighted by molar-refractivity contribution is 5.87. The van der Waals surface area contributed by atoms with E-state index in [0.717, 1.165) is 40.2 Å². The van der Waals surface area contributed by atoms with Gasteiger partial charge in [-0.2, -0.15) is 0 Å². The summed E-state index contributed by atoms with van der Waals surface area (Å²) in [6.45, 7) is 7.01. The van der Waals surface area contributed by atoms with Crippen LogP contribution >= 0.6 is 0 Å². The molecule has 0 aliphatic heterocycles. The Morgan fingerprint density at radius 3 is 2.48 bits per heavy atom. The van der Waals surface area contributed by atoms with Gasteiger partial charge < -0.3 is 4.74 Å². The number of benzene rings is 2. The first kappa shape index (κ1) is 18.0. The Labute approximate surface area is 162 Å². The second kappa shape index (κ2) is 7.72. The summed E-state index contributed by atoms with van der Waals surface area (Å²) >= 11 is 0. The van der Waals surface area contributed by atoms with Crippen molar-refractivity contribution in [2.24, 2.45) is 17.8 Å². The van der Waals surface area contributed by atoms with Crippen LogP contribution in [0.3, 0.4) is 0 Å². The fourth-order valence-corrected chi connectivity index (χ4v) is 4.41. The molecule has 140 valence electrons. The molecule has 1 aliphatic carbocycles. The van der Waals surface area contributed by atoms with Crippen molar-refractivity contribution in [3.8, 4) is 17.0 Å². The van der Waals surface area contributed by atoms with Gasteiger partial charge in [-0.15, -0.1) is 0 Å². The van der Waals surface area contributed by atoms with Gasteiger partial charge in [-0.05, 0) is 42.7 Å². The average molecular weight is 360 g/mol. The summed E-state index contributed by atoms with van der Waals surface area (Å²) in [5, 5.41) is 1.11. The van der Waals surface area contributed by atoms with E-state index < -0.39 is 0 Å². The van der Waals surface area contributed by atoms with E-state index in [2.05, 4.69) is 69.3 Å². The van der Waals surface area contributed by atoms with E-state index in [-0.39, 0.29) is 6.10 Å². The number of rotatable bonds is 4. The van der Waals surface area contributed by atoms with Crippen LogP contribution < -0.4 is 4.74 Å². The van der Waals surface area contributed by atoms with Gasteiger partial charge in [-0.3, -0.25) is 0 Å². The van der Waals surface area contributed by atoms with Crippen molar-refractivity contribution in [1.29, 1.82) is 0 Å². The lowest BCUT2D eigenvalue weighted by atomic mass is 9.75. The highest BCUT2D eigenvalue weighted by atomic mass is 16.5. The maximum atomic E-state index is 6.74. The van der Waals surface area contributed by atoms with E-state index in [1.165, 1.54) is 12.8 Å². The van der Waals surface area contributed by atoms with Crippen LogP contribution in [0.25, 0.3) is 22.2 Å². The lowest BCUT2D eigenvalue weighted by Gasteiger charge is -2.37. The molecule has 1 saturated carbocycles. The Hall–Kier alpha value is -2.35. The summed E-state index contributed by atoms with van der Waals surface area (Å²) in [6.07, 6.45) is 4.00. The number of nitrogens with zero attached hydrogens (tertiary/aromatic N) is 1. The van der Waals surface area contributed by atoms with Gasteiger partial charge in [0.15, 0.2) is 0 Å². The molecular formula is C25H29NO. The topological polar surface area (TPSA) is 22.1 Å². The molecule has 3 atom stereocenters. The molecule has 0 amide bonds. The molecule has 1 heterocycles. The average Bonchev–Trinajstić information content (AvgIpc) is 2.68. The maximum absolute atomic E-state index is 6.74. The van der Waals surface area contributed by atoms with Crippen molar-refractivity contribution in [3.05, 3.63) is 60.7 Å². The molecule has 0 spiro atoms. The predicted molar refractivity (Wildman–Crippen MR) is 113 cm³/mol. The molecule has 27 heavy (non-hydrogen) atoms. The van der Waals surface area contributed by atoms with Gasteiger partial charge >= 0.3 is 0 Å². The standard InChI is InChI=1S/C25H29NO/c1-17(2)20-14-13-18(3)15-24(20)27-25-16-23(19-9-5-4-6-10-19)26-22-12-8-7-11-21(22)25/h4-12,16-18,20,24H,13-15H2,1-3H3/t18-,20+,24-/m1/s1. The van der Waals surface area contributed by atoms with Gasteiger partial charge in [0.1, 0.15) is 11.9 Å². The molecule has 1 fully saturated rings. The van der Waals surface area contributed by atoms with E-state index in [9.17, 15) is 0 Å². The van der Waals surface area contributed by atoms with E-state index in [4.69, 9.17) is 9.72 Å². The molecule has 0 unspecified atom stereocenters. The van der Waals surface area contributed by atoms with Crippen molar-refractivity contribution >= 4 is 10.9 Å². The first-order valence-electron chi connectivity index (χ1n) is 10.2. The van der Waals surface area contributed by atoms with Gasteiger partial charge in [0.25, 0.3) is 0 Å². The van der Waals surface area contributed by atoms with Crippen LogP contribution in [0.15, 0.2) is 60.7 Å². The summed E-state index contributed by atoms with van der Waals surface area (Å²) < 4.78 is 6.74. The van der Waals surface area contributed by atoms with Crippen LogP contribution in [-0.2, 0) is 0 Å². The smallest absolute Gasteiger partial charge is 0.131 e. The van der Waals surface area contributed by atoms with Gasteiger partial charge in [0.2, 0.25) is 0 Å². The van der Waals surface area contributed by atoms with Crippen LogP contribution in [-0.4, -0.2) is 11.1 Å². The number of hydrogen-bond donors (Lipinski definition) is 0. The Bertz CT molecular complexity index is 903. The summed E-state index contributed by atoms with van der Waals surface area (Å²) in [6, 6.07) is 20.8. The van der Waals surface area contributed by atoms with Crippen LogP contribution in [0.1, 0.15) is 40.0 Å². The van der Waals surface area contributed by atoms with Crippen LogP contribution in [0.5, 0.6) is 5.75 Å². The molecule has 2 aromatic carbocycles. The first-order chi connectivity index (χ1) is 13.1. The highest BCUT2D eigenvalue weighted by Crippen LogP contribution is 2.38. The van der Waals surface area contributed by atoms with Gasteiger partial charge in [-0.25, -0.2) is 4.98 Å². The van der Waals surface area contributed by atoms with E-state index in [1.807, 2.05) is 12.1 Å². The summed E-state index contributed by atoms with van der Waals surface area (Å²) in [5.74, 6) is 2.97. The number of fused-ring (bicyclic) bond motifs is 1. The van der Waals surface area contributed by atoms with Crippen LogP contribution in [0, 0.1) is 17.8 Å². The van der Waals surface area contributed by atoms with E-state index >= 15 is 0 Å². The molecule has 0 N–H and O–H groups in total. The molecule has 4 rings (SSSR count). The van der Waals surface area contributed by atoms with Crippen molar-refractivity contribution < 1.29 is 4.74 Å². The highest BCUT2D eigenvalue weighted by Gasteiger charge is 2.32. The normalized spacial score (nSPS) is 22.9. The van der Waals surface area contributed by atoms with Crippen molar-refractivity contribution in [1.82, 2.24) is 4.98 Å². The lowest BCUT2D eigenvalue weighted by molar-refractivity contribution is 0.0471. The zero-order valence-electron chi connectivity index (χ0n) is 16.6. The third kappa shape index (κ3) is 3.85. The summed E-state index contributed by atoms with van der Waals surface area (Å²) in [7, 11) is 0. The third-order valence-electron chi connectivity index (χ3n) is 5.99. The second-order valence-electron chi connectivity index (χ2n) is 8.37. The molecule has 0 saturated heterocycles. The zero-order valence-corrected chi connectivity index (χ0v) is 16.6. The minimum Gasteiger partial charge on any atom is -0.489 e. The molecule has 1 aromatic heterocycles.